The number of hydrogen-bond donors (Lipinski definition) is 2. The van der Waals surface area contributed by atoms with Crippen molar-refractivity contribution in [3.63, 3.8) is 0 Å². The van der Waals surface area contributed by atoms with E-state index in [1.54, 1.807) is 0 Å². The van der Waals surface area contributed by atoms with Gasteiger partial charge in [0.15, 0.2) is 5.17 Å². The Kier molecular flexibility index (Phi) is 7.65. The molecular weight excluding hydrogens is 439 g/mol. The minimum atomic E-state index is -4.64. The van der Waals surface area contributed by atoms with Gasteiger partial charge in [0.05, 0.1) is 11.1 Å². The van der Waals surface area contributed by atoms with Crippen molar-refractivity contribution in [1.29, 1.82) is 5.41 Å². The van der Waals surface area contributed by atoms with E-state index in [-0.39, 0.29) is 44.1 Å². The Hall–Kier alpha value is -2.83. The van der Waals surface area contributed by atoms with E-state index in [1.807, 2.05) is 0 Å². The first-order valence-electron chi connectivity index (χ1n) is 8.41. The summed E-state index contributed by atoms with van der Waals surface area (Å²) in [5, 5.41) is 7.19. The molecule has 2 rings (SSSR count). The Bertz CT molecular complexity index is 1030. The summed E-state index contributed by atoms with van der Waals surface area (Å²) in [6.07, 6.45) is -1.61. The van der Waals surface area contributed by atoms with E-state index in [0.717, 1.165) is 37.1 Å². The second-order valence-corrected chi connectivity index (χ2v) is 7.56. The molecule has 1 fully saturated rings. The Morgan fingerprint density at radius 2 is 2.07 bits per heavy atom. The number of nitrogens with one attached hydrogen (secondary N) is 1. The zero-order chi connectivity index (χ0) is 22.5. The molecule has 1 aliphatic carbocycles. The fraction of sp³-hybridized carbons (Fsp3) is 0.200. The van der Waals surface area contributed by atoms with Gasteiger partial charge in [0.2, 0.25) is 0 Å². The van der Waals surface area contributed by atoms with Gasteiger partial charge in [0.25, 0.3) is 5.91 Å². The van der Waals surface area contributed by atoms with Crippen molar-refractivity contribution in [3.05, 3.63) is 52.6 Å². The number of rotatable bonds is 4. The number of carbonyl (C=O) groups is 2. The Balaban J connectivity index is 2.26. The lowest BCUT2D eigenvalue weighted by Crippen LogP contribution is -2.14. The van der Waals surface area contributed by atoms with Gasteiger partial charge in [0.1, 0.15) is 11.3 Å². The second-order valence-electron chi connectivity index (χ2n) is 6.12. The van der Waals surface area contributed by atoms with Crippen LogP contribution in [0, 0.1) is 23.2 Å². The van der Waals surface area contributed by atoms with Crippen molar-refractivity contribution in [2.45, 2.75) is 19.0 Å². The largest absolute Gasteiger partial charge is 0.416 e. The van der Waals surface area contributed by atoms with Crippen LogP contribution in [-0.2, 0) is 15.8 Å². The first-order chi connectivity index (χ1) is 14.0. The van der Waals surface area contributed by atoms with Gasteiger partial charge in [-0.25, -0.2) is 0 Å². The minimum absolute atomic E-state index is 0.0962. The van der Waals surface area contributed by atoms with Crippen LogP contribution in [-0.4, -0.2) is 22.4 Å². The van der Waals surface area contributed by atoms with Gasteiger partial charge in [-0.2, -0.15) is 18.2 Å². The van der Waals surface area contributed by atoms with Crippen molar-refractivity contribution in [3.8, 4) is 11.8 Å². The predicted octanol–water partition coefficient (Wildman–Crippen LogP) is 4.46. The van der Waals surface area contributed by atoms with Crippen LogP contribution in [0.2, 0.25) is 5.02 Å². The fourth-order valence-electron chi connectivity index (χ4n) is 2.16. The van der Waals surface area contributed by atoms with E-state index < -0.39 is 17.6 Å². The van der Waals surface area contributed by atoms with Crippen molar-refractivity contribution >= 4 is 51.3 Å². The third kappa shape index (κ3) is 6.61. The van der Waals surface area contributed by atoms with E-state index >= 15 is 0 Å². The van der Waals surface area contributed by atoms with Gasteiger partial charge in [-0.3, -0.25) is 15.0 Å². The average molecular weight is 454 g/mol. The highest BCUT2D eigenvalue weighted by atomic mass is 35.5. The molecule has 1 aromatic carbocycles. The maximum atomic E-state index is 13.0. The molecule has 30 heavy (non-hydrogen) atoms. The van der Waals surface area contributed by atoms with Crippen LogP contribution in [0.25, 0.3) is 5.57 Å². The Labute approximate surface area is 179 Å². The lowest BCUT2D eigenvalue weighted by molar-refractivity contribution is -0.137. The SMILES string of the molecule is C=C(/C(=C\C=O)C(=O)N=C(N)SC(=N)C#CC1CC1)c1cc(C(F)(F)F)ccc1Cl. The normalized spacial score (nSPS) is 14.5. The lowest BCUT2D eigenvalue weighted by Gasteiger charge is -2.13. The summed E-state index contributed by atoms with van der Waals surface area (Å²) >= 11 is 6.61. The molecule has 0 heterocycles. The molecular formula is C20H15ClF3N3O2S. The van der Waals surface area contributed by atoms with Crippen LogP contribution in [0.3, 0.4) is 0 Å². The molecule has 0 radical (unpaired) electrons. The zero-order valence-electron chi connectivity index (χ0n) is 15.3. The number of nitrogens with zero attached hydrogens (tertiary/aromatic N) is 1. The molecule has 0 saturated heterocycles. The Morgan fingerprint density at radius 1 is 1.40 bits per heavy atom. The van der Waals surface area contributed by atoms with Gasteiger partial charge in [-0.05, 0) is 60.4 Å². The number of thioether (sulfide) groups is 1. The van der Waals surface area contributed by atoms with Crippen LogP contribution in [0.4, 0.5) is 13.2 Å². The molecule has 3 N–H and O–H groups in total. The van der Waals surface area contributed by atoms with Crippen LogP contribution in [0.1, 0.15) is 24.0 Å². The number of amidine groups is 1. The number of amides is 1. The molecule has 0 atom stereocenters. The van der Waals surface area contributed by atoms with E-state index in [0.29, 0.717) is 11.8 Å². The van der Waals surface area contributed by atoms with Gasteiger partial charge in [-0.15, -0.1) is 0 Å². The summed E-state index contributed by atoms with van der Waals surface area (Å²) in [5.74, 6) is 4.70. The molecule has 1 aliphatic rings. The molecule has 10 heteroatoms. The quantitative estimate of drug-likeness (QED) is 0.176. The summed E-state index contributed by atoms with van der Waals surface area (Å²) in [6.45, 7) is 3.59. The molecule has 0 aromatic heterocycles. The predicted molar refractivity (Wildman–Crippen MR) is 112 cm³/mol. The van der Waals surface area contributed by atoms with E-state index in [1.165, 1.54) is 0 Å². The van der Waals surface area contributed by atoms with Crippen molar-refractivity contribution in [2.24, 2.45) is 16.6 Å². The number of aliphatic imine (C=N–C) groups is 1. The third-order valence-corrected chi connectivity index (χ3v) is 4.73. The smallest absolute Gasteiger partial charge is 0.378 e. The highest BCUT2D eigenvalue weighted by molar-refractivity contribution is 8.26. The Morgan fingerprint density at radius 3 is 2.63 bits per heavy atom. The number of allylic oxidation sites excluding steroid dienone is 1. The first-order valence-corrected chi connectivity index (χ1v) is 9.60. The number of nitrogens with two attached hydrogens (primary N) is 1. The van der Waals surface area contributed by atoms with Crippen LogP contribution >= 0.6 is 23.4 Å². The zero-order valence-corrected chi connectivity index (χ0v) is 16.9. The molecule has 5 nitrogen and oxygen atoms in total. The first kappa shape index (κ1) is 23.4. The molecule has 156 valence electrons. The molecule has 1 saturated carbocycles. The molecule has 1 amide bonds. The van der Waals surface area contributed by atoms with Crippen molar-refractivity contribution in [2.75, 3.05) is 0 Å². The summed E-state index contributed by atoms with van der Waals surface area (Å²) in [7, 11) is 0. The van der Waals surface area contributed by atoms with Gasteiger partial charge >= 0.3 is 6.18 Å². The van der Waals surface area contributed by atoms with E-state index in [9.17, 15) is 22.8 Å². The molecule has 0 unspecified atom stereocenters. The number of aldehydes is 1. The van der Waals surface area contributed by atoms with Crippen LogP contribution in [0.15, 0.2) is 41.4 Å². The van der Waals surface area contributed by atoms with Gasteiger partial charge < -0.3 is 5.73 Å². The maximum Gasteiger partial charge on any atom is 0.416 e. The third-order valence-electron chi connectivity index (χ3n) is 3.79. The average Bonchev–Trinajstić information content (AvgIpc) is 3.47. The summed E-state index contributed by atoms with van der Waals surface area (Å²) < 4.78 is 39.0. The molecule has 1 aromatic rings. The molecule has 0 bridgehead atoms. The fourth-order valence-corrected chi connectivity index (χ4v) is 2.83. The number of halogens is 4. The monoisotopic (exact) mass is 453 g/mol. The number of hydrogen-bond acceptors (Lipinski definition) is 4. The van der Waals surface area contributed by atoms with Gasteiger partial charge in [0, 0.05) is 16.5 Å². The number of alkyl halides is 3. The standard InChI is InChI=1S/C20H15ClF3N3O2S/c1-11(15-10-13(20(22,23)24)5-6-16(15)21)14(8-9-28)18(29)27-19(26)30-17(25)7-4-12-2-3-12/h5-6,8-10,12,25H,1-3H2,(H2,26,27,29)/b14-8+,25-17?. The highest BCUT2D eigenvalue weighted by Gasteiger charge is 2.31. The van der Waals surface area contributed by atoms with E-state index in [4.69, 9.17) is 22.7 Å². The lowest BCUT2D eigenvalue weighted by atomic mass is 9.97. The number of carbonyl (C=O) groups excluding carboxylic acids is 2. The highest BCUT2D eigenvalue weighted by Crippen LogP contribution is 2.35. The topological polar surface area (TPSA) is 96.4 Å². The minimum Gasteiger partial charge on any atom is -0.378 e. The van der Waals surface area contributed by atoms with Crippen LogP contribution in [0.5, 0.6) is 0 Å². The van der Waals surface area contributed by atoms with Crippen molar-refractivity contribution in [1.82, 2.24) is 0 Å². The summed E-state index contributed by atoms with van der Waals surface area (Å²) in [5.41, 5.74) is 3.85. The second kappa shape index (κ2) is 9.78. The van der Waals surface area contributed by atoms with Crippen molar-refractivity contribution < 1.29 is 22.8 Å². The molecule has 0 spiro atoms. The summed E-state index contributed by atoms with van der Waals surface area (Å²) in [4.78, 5) is 27.0. The number of benzene rings is 1. The summed E-state index contributed by atoms with van der Waals surface area (Å²) in [6, 6.07) is 2.52. The van der Waals surface area contributed by atoms with E-state index in [2.05, 4.69) is 23.4 Å². The maximum absolute atomic E-state index is 13.0. The van der Waals surface area contributed by atoms with Crippen LogP contribution < -0.4 is 5.73 Å². The van der Waals surface area contributed by atoms with Gasteiger partial charge in [-0.1, -0.05) is 24.1 Å². The molecule has 0 aliphatic heterocycles.